The molecule has 0 spiro atoms. The molecule has 0 aromatic carbocycles. The Bertz CT molecular complexity index is 431. The van der Waals surface area contributed by atoms with Crippen molar-refractivity contribution in [1.29, 1.82) is 0 Å². The van der Waals surface area contributed by atoms with E-state index in [1.165, 1.54) is 0 Å². The summed E-state index contributed by atoms with van der Waals surface area (Å²) in [6.45, 7) is 1.87. The monoisotopic (exact) mass is 269 g/mol. The van der Waals surface area contributed by atoms with E-state index in [1.807, 2.05) is 6.92 Å². The summed E-state index contributed by atoms with van der Waals surface area (Å²) in [5, 5.41) is 4.87. The van der Waals surface area contributed by atoms with Crippen molar-refractivity contribution < 1.29 is 9.59 Å². The molecule has 8 heteroatoms. The van der Waals surface area contributed by atoms with Gasteiger partial charge in [0.1, 0.15) is 5.82 Å². The van der Waals surface area contributed by atoms with Gasteiger partial charge in [-0.2, -0.15) is 0 Å². The van der Waals surface area contributed by atoms with Crippen LogP contribution in [0.5, 0.6) is 0 Å². The maximum Gasteiger partial charge on any atom is 0.309 e. The van der Waals surface area contributed by atoms with Crippen LogP contribution >= 0.6 is 12.2 Å². The van der Waals surface area contributed by atoms with Crippen LogP contribution in [0.1, 0.15) is 25.2 Å². The van der Waals surface area contributed by atoms with Crippen LogP contribution in [0.4, 0.5) is 0 Å². The molecule has 1 aromatic heterocycles. The van der Waals surface area contributed by atoms with Crippen LogP contribution in [0.3, 0.4) is 0 Å². The van der Waals surface area contributed by atoms with Crippen molar-refractivity contribution in [3.8, 4) is 0 Å². The smallest absolute Gasteiger partial charge is 0.309 e. The molecule has 98 valence electrons. The maximum absolute atomic E-state index is 11.6. The van der Waals surface area contributed by atoms with Crippen LogP contribution in [0.15, 0.2) is 12.4 Å². The number of aromatic amines is 1. The van der Waals surface area contributed by atoms with Gasteiger partial charge in [0.15, 0.2) is 0 Å². The molecule has 1 aromatic rings. The summed E-state index contributed by atoms with van der Waals surface area (Å²) in [6, 6.07) is -0.330. The van der Waals surface area contributed by atoms with Crippen molar-refractivity contribution in [3.05, 3.63) is 18.2 Å². The van der Waals surface area contributed by atoms with Crippen LogP contribution in [0, 0.1) is 0 Å². The highest BCUT2D eigenvalue weighted by atomic mass is 32.1. The molecule has 0 bridgehead atoms. The van der Waals surface area contributed by atoms with Crippen LogP contribution in [0.25, 0.3) is 0 Å². The number of carbonyl (C=O) groups is 2. The number of H-pyrrole nitrogens is 1. The lowest BCUT2D eigenvalue weighted by molar-refractivity contribution is -0.139. The van der Waals surface area contributed by atoms with Gasteiger partial charge < -0.3 is 21.4 Å². The predicted molar refractivity (Wildman–Crippen MR) is 69.6 cm³/mol. The van der Waals surface area contributed by atoms with Crippen LogP contribution in [0.2, 0.25) is 0 Å². The number of hydrogen-bond acceptors (Lipinski definition) is 4. The normalized spacial score (nSPS) is 11.6. The van der Waals surface area contributed by atoms with Gasteiger partial charge in [-0.25, -0.2) is 4.98 Å². The zero-order valence-corrected chi connectivity index (χ0v) is 10.7. The molecular weight excluding hydrogens is 254 g/mol. The van der Waals surface area contributed by atoms with E-state index in [2.05, 4.69) is 32.8 Å². The van der Waals surface area contributed by atoms with Gasteiger partial charge in [0.25, 0.3) is 0 Å². The van der Waals surface area contributed by atoms with E-state index in [0.717, 1.165) is 0 Å². The fourth-order valence-corrected chi connectivity index (χ4v) is 1.38. The van der Waals surface area contributed by atoms with Gasteiger partial charge in [-0.3, -0.25) is 9.59 Å². The Morgan fingerprint density at radius 3 is 2.78 bits per heavy atom. The topological polar surface area (TPSA) is 113 Å². The number of nitrogens with zero attached hydrogens (tertiary/aromatic N) is 1. The molecule has 18 heavy (non-hydrogen) atoms. The lowest BCUT2D eigenvalue weighted by Gasteiger charge is -2.14. The number of rotatable bonds is 5. The van der Waals surface area contributed by atoms with Crippen molar-refractivity contribution in [2.45, 2.75) is 19.4 Å². The van der Waals surface area contributed by atoms with Gasteiger partial charge in [0.05, 0.1) is 17.6 Å². The minimum absolute atomic E-state index is 0.000863. The van der Waals surface area contributed by atoms with Crippen LogP contribution in [-0.2, 0) is 9.59 Å². The molecule has 5 N–H and O–H groups in total. The van der Waals surface area contributed by atoms with E-state index < -0.39 is 11.8 Å². The van der Waals surface area contributed by atoms with Crippen molar-refractivity contribution in [2.75, 3.05) is 6.54 Å². The van der Waals surface area contributed by atoms with Gasteiger partial charge in [0, 0.05) is 12.4 Å². The third-order valence-electron chi connectivity index (χ3n) is 2.19. The SMILES string of the molecule is CCC(NC(=O)C(=O)NCC(N)=S)c1ncc[nH]1. The van der Waals surface area contributed by atoms with E-state index >= 15 is 0 Å². The second kappa shape index (κ2) is 6.70. The summed E-state index contributed by atoms with van der Waals surface area (Å²) in [5.74, 6) is -0.907. The highest BCUT2D eigenvalue weighted by molar-refractivity contribution is 7.80. The van der Waals surface area contributed by atoms with Gasteiger partial charge in [-0.15, -0.1) is 0 Å². The van der Waals surface area contributed by atoms with E-state index in [9.17, 15) is 9.59 Å². The van der Waals surface area contributed by atoms with Crippen molar-refractivity contribution in [2.24, 2.45) is 5.73 Å². The van der Waals surface area contributed by atoms with E-state index in [4.69, 9.17) is 5.73 Å². The van der Waals surface area contributed by atoms with E-state index in [1.54, 1.807) is 12.4 Å². The van der Waals surface area contributed by atoms with E-state index in [-0.39, 0.29) is 17.6 Å². The van der Waals surface area contributed by atoms with Crippen LogP contribution < -0.4 is 16.4 Å². The van der Waals surface area contributed by atoms with Crippen LogP contribution in [-0.4, -0.2) is 33.3 Å². The first-order valence-electron chi connectivity index (χ1n) is 5.40. The molecule has 1 rings (SSSR count). The Morgan fingerprint density at radius 1 is 1.56 bits per heavy atom. The second-order valence-electron chi connectivity index (χ2n) is 3.56. The zero-order valence-electron chi connectivity index (χ0n) is 9.90. The first kappa shape index (κ1) is 14.1. The lowest BCUT2D eigenvalue weighted by Crippen LogP contribution is -2.44. The molecule has 0 aliphatic heterocycles. The largest absolute Gasteiger partial charge is 0.392 e. The molecule has 0 aliphatic rings. The maximum atomic E-state index is 11.6. The zero-order chi connectivity index (χ0) is 13.5. The van der Waals surface area contributed by atoms with Gasteiger partial charge >= 0.3 is 11.8 Å². The Labute approximate surface area is 110 Å². The first-order valence-corrected chi connectivity index (χ1v) is 5.81. The summed E-state index contributed by atoms with van der Waals surface area (Å²) < 4.78 is 0. The summed E-state index contributed by atoms with van der Waals surface area (Å²) in [7, 11) is 0. The minimum atomic E-state index is -0.771. The fraction of sp³-hybridized carbons (Fsp3) is 0.400. The molecule has 1 heterocycles. The Kier molecular flexibility index (Phi) is 5.25. The molecule has 0 saturated heterocycles. The molecule has 0 fully saturated rings. The van der Waals surface area contributed by atoms with Crippen molar-refractivity contribution >= 4 is 29.0 Å². The summed E-state index contributed by atoms with van der Waals surface area (Å²) in [4.78, 5) is 30.0. The molecule has 0 radical (unpaired) electrons. The molecule has 1 unspecified atom stereocenters. The number of aromatic nitrogens is 2. The number of thiocarbonyl (C=S) groups is 1. The first-order chi connectivity index (χ1) is 8.54. The molecule has 2 amide bonds. The molecule has 0 saturated carbocycles. The van der Waals surface area contributed by atoms with E-state index in [0.29, 0.717) is 12.2 Å². The Balaban J connectivity index is 2.52. The quantitative estimate of drug-likeness (QED) is 0.420. The fourth-order valence-electron chi connectivity index (χ4n) is 1.30. The molecule has 1 atom stereocenters. The lowest BCUT2D eigenvalue weighted by atomic mass is 10.2. The average Bonchev–Trinajstić information content (AvgIpc) is 2.86. The number of amides is 2. The molecule has 7 nitrogen and oxygen atoms in total. The standard InChI is InChI=1S/C10H15N5O2S/c1-2-6(8-12-3-4-13-8)15-10(17)9(16)14-5-7(11)18/h3-4,6H,2,5H2,1H3,(H2,11,18)(H,12,13)(H,14,16)(H,15,17). The summed E-state index contributed by atoms with van der Waals surface area (Å²) in [6.07, 6.45) is 3.84. The van der Waals surface area contributed by atoms with Crippen molar-refractivity contribution in [3.63, 3.8) is 0 Å². The summed E-state index contributed by atoms with van der Waals surface area (Å²) >= 11 is 4.59. The number of nitrogens with one attached hydrogen (secondary N) is 3. The third kappa shape index (κ3) is 4.13. The third-order valence-corrected chi connectivity index (χ3v) is 2.34. The predicted octanol–water partition coefficient (Wildman–Crippen LogP) is -0.621. The Morgan fingerprint density at radius 2 is 2.28 bits per heavy atom. The average molecular weight is 269 g/mol. The molecular formula is C10H15N5O2S. The van der Waals surface area contributed by atoms with Gasteiger partial charge in [-0.1, -0.05) is 19.1 Å². The number of nitrogens with two attached hydrogens (primary N) is 1. The summed E-state index contributed by atoms with van der Waals surface area (Å²) in [5.41, 5.74) is 5.22. The minimum Gasteiger partial charge on any atom is -0.392 e. The molecule has 0 aliphatic carbocycles. The highest BCUT2D eigenvalue weighted by Gasteiger charge is 2.19. The van der Waals surface area contributed by atoms with Crippen molar-refractivity contribution in [1.82, 2.24) is 20.6 Å². The number of imidazole rings is 1. The number of carbonyl (C=O) groups excluding carboxylic acids is 2. The van der Waals surface area contributed by atoms with Gasteiger partial charge in [0.2, 0.25) is 0 Å². The Hall–Kier alpha value is -1.96. The highest BCUT2D eigenvalue weighted by Crippen LogP contribution is 2.10. The second-order valence-corrected chi connectivity index (χ2v) is 4.08. The van der Waals surface area contributed by atoms with Gasteiger partial charge in [-0.05, 0) is 6.42 Å². The number of hydrogen-bond donors (Lipinski definition) is 4.